The van der Waals surface area contributed by atoms with Gasteiger partial charge in [-0.2, -0.15) is 11.8 Å². The number of carbonyl (C=O) groups excluding carboxylic acids is 1. The molecule has 3 N–H and O–H groups in total. The van der Waals surface area contributed by atoms with Crippen LogP contribution in [0.15, 0.2) is 24.3 Å². The Morgan fingerprint density at radius 3 is 2.94 bits per heavy atom. The number of benzene rings is 1. The van der Waals surface area contributed by atoms with Gasteiger partial charge in [0.2, 0.25) is 5.91 Å². The number of nitrogens with two attached hydrogens (primary N) is 1. The first-order valence-corrected chi connectivity index (χ1v) is 6.29. The fraction of sp³-hybridized carbons (Fsp3) is 0.417. The number of rotatable bonds is 6. The molecule has 1 atom stereocenters. The van der Waals surface area contributed by atoms with Gasteiger partial charge in [-0.05, 0) is 24.1 Å². The molecule has 88 valence electrons. The van der Waals surface area contributed by atoms with Crippen LogP contribution in [0.25, 0.3) is 0 Å². The highest BCUT2D eigenvalue weighted by atomic mass is 32.2. The van der Waals surface area contributed by atoms with Gasteiger partial charge in [-0.3, -0.25) is 4.79 Å². The van der Waals surface area contributed by atoms with Gasteiger partial charge in [-0.25, -0.2) is 0 Å². The van der Waals surface area contributed by atoms with Crippen LogP contribution in [0.1, 0.15) is 29.3 Å². The van der Waals surface area contributed by atoms with E-state index in [9.17, 15) is 4.79 Å². The molecule has 0 fully saturated rings. The van der Waals surface area contributed by atoms with Crippen molar-refractivity contribution in [1.29, 1.82) is 0 Å². The summed E-state index contributed by atoms with van der Waals surface area (Å²) < 4.78 is 0. The molecule has 0 saturated heterocycles. The summed E-state index contributed by atoms with van der Waals surface area (Å²) in [5.74, 6) is 0.442. The van der Waals surface area contributed by atoms with Crippen molar-refractivity contribution in [2.75, 3.05) is 6.61 Å². The molecule has 0 aliphatic rings. The van der Waals surface area contributed by atoms with Crippen LogP contribution < -0.4 is 5.73 Å². The van der Waals surface area contributed by atoms with E-state index in [0.29, 0.717) is 10.8 Å². The number of aliphatic hydroxyl groups excluding tert-OH is 1. The van der Waals surface area contributed by atoms with Gasteiger partial charge in [0.15, 0.2) is 0 Å². The molecule has 1 amide bonds. The standard InChI is InChI=1S/C12H17NO2S/c1-9(5-6-14)16-8-10-3-2-4-11(7-10)12(13)15/h2-4,7,9,14H,5-6,8H2,1H3,(H2,13,15). The van der Waals surface area contributed by atoms with Gasteiger partial charge in [0.1, 0.15) is 0 Å². The molecule has 16 heavy (non-hydrogen) atoms. The molecule has 0 aliphatic heterocycles. The summed E-state index contributed by atoms with van der Waals surface area (Å²) in [5.41, 5.74) is 6.85. The molecule has 0 spiro atoms. The zero-order valence-electron chi connectivity index (χ0n) is 9.35. The third-order valence-electron chi connectivity index (χ3n) is 2.28. The second-order valence-corrected chi connectivity index (χ2v) is 5.13. The van der Waals surface area contributed by atoms with Crippen molar-refractivity contribution in [3.8, 4) is 0 Å². The van der Waals surface area contributed by atoms with E-state index >= 15 is 0 Å². The molecule has 1 aromatic carbocycles. The molecule has 0 saturated carbocycles. The Morgan fingerprint density at radius 1 is 1.56 bits per heavy atom. The smallest absolute Gasteiger partial charge is 0.248 e. The highest BCUT2D eigenvalue weighted by molar-refractivity contribution is 7.99. The van der Waals surface area contributed by atoms with E-state index in [2.05, 4.69) is 6.92 Å². The van der Waals surface area contributed by atoms with Gasteiger partial charge in [0, 0.05) is 23.2 Å². The average molecular weight is 239 g/mol. The lowest BCUT2D eigenvalue weighted by Gasteiger charge is -2.09. The predicted molar refractivity (Wildman–Crippen MR) is 67.4 cm³/mol. The first-order chi connectivity index (χ1) is 7.63. The molecular weight excluding hydrogens is 222 g/mol. The molecule has 3 nitrogen and oxygen atoms in total. The summed E-state index contributed by atoms with van der Waals surface area (Å²) in [6.07, 6.45) is 0.792. The highest BCUT2D eigenvalue weighted by Gasteiger charge is 2.04. The second-order valence-electron chi connectivity index (χ2n) is 3.70. The van der Waals surface area contributed by atoms with Crippen molar-refractivity contribution < 1.29 is 9.90 Å². The Kier molecular flexibility index (Phi) is 5.35. The molecule has 1 rings (SSSR count). The van der Waals surface area contributed by atoms with Crippen molar-refractivity contribution in [1.82, 2.24) is 0 Å². The van der Waals surface area contributed by atoms with E-state index in [1.54, 1.807) is 17.8 Å². The van der Waals surface area contributed by atoms with Gasteiger partial charge in [-0.1, -0.05) is 19.1 Å². The third-order valence-corrected chi connectivity index (χ3v) is 3.59. The van der Waals surface area contributed by atoms with Crippen molar-refractivity contribution in [3.05, 3.63) is 35.4 Å². The minimum absolute atomic E-state index is 0.218. The normalized spacial score (nSPS) is 12.4. The summed E-state index contributed by atoms with van der Waals surface area (Å²) in [5, 5.41) is 9.19. The zero-order valence-corrected chi connectivity index (χ0v) is 10.2. The third kappa shape index (κ3) is 4.24. The number of amides is 1. The molecular formula is C12H17NO2S. The molecule has 0 aliphatic carbocycles. The minimum Gasteiger partial charge on any atom is -0.396 e. The number of aliphatic hydroxyl groups is 1. The van der Waals surface area contributed by atoms with Gasteiger partial charge in [0.25, 0.3) is 0 Å². The van der Waals surface area contributed by atoms with Crippen LogP contribution in [0.3, 0.4) is 0 Å². The monoisotopic (exact) mass is 239 g/mol. The van der Waals surface area contributed by atoms with Crippen molar-refractivity contribution in [3.63, 3.8) is 0 Å². The van der Waals surface area contributed by atoms with E-state index in [4.69, 9.17) is 10.8 Å². The molecule has 0 aromatic heterocycles. The van der Waals surface area contributed by atoms with Crippen LogP contribution >= 0.6 is 11.8 Å². The largest absolute Gasteiger partial charge is 0.396 e. The van der Waals surface area contributed by atoms with Crippen molar-refractivity contribution >= 4 is 17.7 Å². The van der Waals surface area contributed by atoms with Crippen molar-refractivity contribution in [2.24, 2.45) is 5.73 Å². The Morgan fingerprint density at radius 2 is 2.31 bits per heavy atom. The van der Waals surface area contributed by atoms with Crippen LogP contribution in [0.2, 0.25) is 0 Å². The second kappa shape index (κ2) is 6.55. The van der Waals surface area contributed by atoms with E-state index in [-0.39, 0.29) is 6.61 Å². The van der Waals surface area contributed by atoms with E-state index in [0.717, 1.165) is 17.7 Å². The van der Waals surface area contributed by atoms with E-state index in [1.807, 2.05) is 18.2 Å². The van der Waals surface area contributed by atoms with Gasteiger partial charge >= 0.3 is 0 Å². The molecule has 0 bridgehead atoms. The predicted octanol–water partition coefficient (Wildman–Crippen LogP) is 1.79. The Hall–Kier alpha value is -1.00. The number of primary amides is 1. The Balaban J connectivity index is 2.54. The number of thioether (sulfide) groups is 1. The fourth-order valence-corrected chi connectivity index (χ4v) is 2.25. The number of hydrogen-bond donors (Lipinski definition) is 2. The summed E-state index contributed by atoms with van der Waals surface area (Å²) in [4.78, 5) is 11.0. The quantitative estimate of drug-likeness (QED) is 0.795. The van der Waals surface area contributed by atoms with Crippen LogP contribution in [0, 0.1) is 0 Å². The Bertz CT molecular complexity index is 355. The average Bonchev–Trinajstić information content (AvgIpc) is 2.27. The van der Waals surface area contributed by atoms with Gasteiger partial charge < -0.3 is 10.8 Å². The van der Waals surface area contributed by atoms with E-state index in [1.165, 1.54) is 0 Å². The summed E-state index contributed by atoms with van der Waals surface area (Å²) in [7, 11) is 0. The zero-order chi connectivity index (χ0) is 12.0. The molecule has 1 unspecified atom stereocenters. The lowest BCUT2D eigenvalue weighted by atomic mass is 10.1. The van der Waals surface area contributed by atoms with Crippen LogP contribution in [-0.2, 0) is 5.75 Å². The highest BCUT2D eigenvalue weighted by Crippen LogP contribution is 2.20. The van der Waals surface area contributed by atoms with Gasteiger partial charge in [-0.15, -0.1) is 0 Å². The summed E-state index contributed by atoms with van der Waals surface area (Å²) in [6.45, 7) is 2.30. The molecule has 4 heteroatoms. The topological polar surface area (TPSA) is 63.3 Å². The summed E-state index contributed by atoms with van der Waals surface area (Å²) >= 11 is 1.76. The number of hydrogen-bond acceptors (Lipinski definition) is 3. The maximum absolute atomic E-state index is 11.0. The minimum atomic E-state index is -0.393. The Labute approximate surface area is 100 Å². The first-order valence-electron chi connectivity index (χ1n) is 5.24. The van der Waals surface area contributed by atoms with Crippen LogP contribution in [0.4, 0.5) is 0 Å². The lowest BCUT2D eigenvalue weighted by Crippen LogP contribution is -2.11. The SMILES string of the molecule is CC(CCO)SCc1cccc(C(N)=O)c1. The van der Waals surface area contributed by atoms with Gasteiger partial charge in [0.05, 0.1) is 0 Å². The summed E-state index contributed by atoms with van der Waals surface area (Å²) in [6, 6.07) is 7.35. The van der Waals surface area contributed by atoms with Crippen LogP contribution in [0.5, 0.6) is 0 Å². The molecule has 0 heterocycles. The maximum Gasteiger partial charge on any atom is 0.248 e. The van der Waals surface area contributed by atoms with Crippen LogP contribution in [-0.4, -0.2) is 22.9 Å². The number of carbonyl (C=O) groups is 1. The van der Waals surface area contributed by atoms with Crippen molar-refractivity contribution in [2.45, 2.75) is 24.3 Å². The van der Waals surface area contributed by atoms with E-state index < -0.39 is 5.91 Å². The first kappa shape index (κ1) is 13.1. The fourth-order valence-electron chi connectivity index (χ4n) is 1.32. The molecule has 0 radical (unpaired) electrons. The molecule has 1 aromatic rings. The maximum atomic E-state index is 11.0. The lowest BCUT2D eigenvalue weighted by molar-refractivity contribution is 0.1000.